The Bertz CT molecular complexity index is 543. The molecule has 1 heterocycles. The van der Waals surface area contributed by atoms with Crippen molar-refractivity contribution in [3.8, 4) is 0 Å². The van der Waals surface area contributed by atoms with Gasteiger partial charge in [-0.1, -0.05) is 12.1 Å². The highest BCUT2D eigenvalue weighted by Gasteiger charge is 2.25. The van der Waals surface area contributed by atoms with Gasteiger partial charge in [-0.05, 0) is 24.6 Å². The lowest BCUT2D eigenvalue weighted by molar-refractivity contribution is -0.136. The van der Waals surface area contributed by atoms with Gasteiger partial charge in [-0.2, -0.15) is 0 Å². The standard InChI is InChI=1S/C17H25N3O3.ClH/c1-4-20(17(22)15-12-23-10-9-18-15)11-13-5-7-14(8-6-13)16(21)19(2)3;/h5-8,15,18H,4,9-12H2,1-3H3;1H. The number of hydrogen-bond donors (Lipinski definition) is 1. The molecule has 0 saturated carbocycles. The molecule has 24 heavy (non-hydrogen) atoms. The highest BCUT2D eigenvalue weighted by Crippen LogP contribution is 2.11. The van der Waals surface area contributed by atoms with Crippen LogP contribution in [0.3, 0.4) is 0 Å². The summed E-state index contributed by atoms with van der Waals surface area (Å²) < 4.78 is 5.36. The summed E-state index contributed by atoms with van der Waals surface area (Å²) in [5, 5.41) is 3.19. The molecule has 1 N–H and O–H groups in total. The first-order valence-corrected chi connectivity index (χ1v) is 7.93. The fourth-order valence-electron chi connectivity index (χ4n) is 2.52. The number of nitrogens with one attached hydrogen (secondary N) is 1. The van der Waals surface area contributed by atoms with E-state index in [4.69, 9.17) is 4.74 Å². The lowest BCUT2D eigenvalue weighted by Gasteiger charge is -2.29. The third-order valence-corrected chi connectivity index (χ3v) is 3.89. The zero-order valence-electron chi connectivity index (χ0n) is 14.4. The highest BCUT2D eigenvalue weighted by molar-refractivity contribution is 5.93. The molecule has 1 aliphatic heterocycles. The molecule has 1 atom stereocenters. The van der Waals surface area contributed by atoms with Crippen molar-refractivity contribution in [2.75, 3.05) is 40.4 Å². The van der Waals surface area contributed by atoms with E-state index in [0.717, 1.165) is 5.56 Å². The molecule has 1 unspecified atom stereocenters. The maximum absolute atomic E-state index is 12.5. The monoisotopic (exact) mass is 355 g/mol. The van der Waals surface area contributed by atoms with E-state index in [2.05, 4.69) is 5.32 Å². The molecule has 0 radical (unpaired) electrons. The van der Waals surface area contributed by atoms with Crippen LogP contribution in [-0.4, -0.2) is 68.1 Å². The van der Waals surface area contributed by atoms with Crippen molar-refractivity contribution in [3.63, 3.8) is 0 Å². The second-order valence-electron chi connectivity index (χ2n) is 5.83. The largest absolute Gasteiger partial charge is 0.378 e. The number of ether oxygens (including phenoxy) is 1. The minimum atomic E-state index is -0.265. The molecular formula is C17H26ClN3O3. The van der Waals surface area contributed by atoms with Crippen molar-refractivity contribution < 1.29 is 14.3 Å². The second-order valence-corrected chi connectivity index (χ2v) is 5.83. The Morgan fingerprint density at radius 3 is 2.42 bits per heavy atom. The Morgan fingerprint density at radius 1 is 1.25 bits per heavy atom. The zero-order valence-corrected chi connectivity index (χ0v) is 15.3. The molecule has 1 fully saturated rings. The van der Waals surface area contributed by atoms with Crippen molar-refractivity contribution >= 4 is 24.2 Å². The average Bonchev–Trinajstić information content (AvgIpc) is 2.59. The predicted octanol–water partition coefficient (Wildman–Crippen LogP) is 1.15. The van der Waals surface area contributed by atoms with Gasteiger partial charge in [-0.15, -0.1) is 12.4 Å². The van der Waals surface area contributed by atoms with Crippen LogP contribution < -0.4 is 5.32 Å². The summed E-state index contributed by atoms with van der Waals surface area (Å²) in [5.41, 5.74) is 1.66. The Balaban J connectivity index is 0.00000288. The third-order valence-electron chi connectivity index (χ3n) is 3.89. The molecule has 1 saturated heterocycles. The molecule has 0 bridgehead atoms. The van der Waals surface area contributed by atoms with Crippen LogP contribution in [0, 0.1) is 0 Å². The quantitative estimate of drug-likeness (QED) is 0.860. The van der Waals surface area contributed by atoms with Crippen molar-refractivity contribution in [2.45, 2.75) is 19.5 Å². The van der Waals surface area contributed by atoms with Crippen LogP contribution >= 0.6 is 12.4 Å². The molecular weight excluding hydrogens is 330 g/mol. The van der Waals surface area contributed by atoms with Crippen LogP contribution in [0.4, 0.5) is 0 Å². The van der Waals surface area contributed by atoms with E-state index >= 15 is 0 Å². The maximum Gasteiger partial charge on any atom is 0.253 e. The Kier molecular flexibility index (Phi) is 8.18. The number of halogens is 1. The van der Waals surface area contributed by atoms with Crippen LogP contribution in [0.2, 0.25) is 0 Å². The van der Waals surface area contributed by atoms with Gasteiger partial charge >= 0.3 is 0 Å². The van der Waals surface area contributed by atoms with Gasteiger partial charge < -0.3 is 19.9 Å². The van der Waals surface area contributed by atoms with Crippen LogP contribution in [-0.2, 0) is 16.1 Å². The lowest BCUT2D eigenvalue weighted by atomic mass is 10.1. The van der Waals surface area contributed by atoms with Crippen LogP contribution in [0.15, 0.2) is 24.3 Å². The number of carbonyl (C=O) groups excluding carboxylic acids is 2. The van der Waals surface area contributed by atoms with Crippen LogP contribution in [0.25, 0.3) is 0 Å². The molecule has 0 spiro atoms. The number of rotatable bonds is 5. The number of morpholine rings is 1. The molecule has 2 amide bonds. The molecule has 0 aliphatic carbocycles. The summed E-state index contributed by atoms with van der Waals surface area (Å²) in [6, 6.07) is 7.14. The molecule has 134 valence electrons. The average molecular weight is 356 g/mol. The molecule has 7 heteroatoms. The van der Waals surface area contributed by atoms with Gasteiger partial charge in [0.2, 0.25) is 5.91 Å². The van der Waals surface area contributed by atoms with Gasteiger partial charge in [0.05, 0.1) is 13.2 Å². The van der Waals surface area contributed by atoms with Gasteiger partial charge in [0.25, 0.3) is 5.91 Å². The van der Waals surface area contributed by atoms with E-state index in [1.807, 2.05) is 19.1 Å². The molecule has 1 aliphatic rings. The first-order chi connectivity index (χ1) is 11.0. The van der Waals surface area contributed by atoms with Gasteiger partial charge in [-0.25, -0.2) is 0 Å². The maximum atomic E-state index is 12.5. The summed E-state index contributed by atoms with van der Waals surface area (Å²) >= 11 is 0. The summed E-state index contributed by atoms with van der Waals surface area (Å²) in [4.78, 5) is 27.8. The van der Waals surface area contributed by atoms with Gasteiger partial charge in [0.1, 0.15) is 6.04 Å². The predicted molar refractivity (Wildman–Crippen MR) is 95.4 cm³/mol. The molecule has 6 nitrogen and oxygen atoms in total. The van der Waals surface area contributed by atoms with Gasteiger partial charge in [0.15, 0.2) is 0 Å². The van der Waals surface area contributed by atoms with Crippen LogP contribution in [0.5, 0.6) is 0 Å². The number of carbonyl (C=O) groups is 2. The third kappa shape index (κ3) is 5.19. The molecule has 1 aromatic carbocycles. The second kappa shape index (κ2) is 9.61. The van der Waals surface area contributed by atoms with Crippen LogP contribution in [0.1, 0.15) is 22.8 Å². The summed E-state index contributed by atoms with van der Waals surface area (Å²) in [6.07, 6.45) is 0. The molecule has 2 rings (SSSR count). The van der Waals surface area contributed by atoms with E-state index in [-0.39, 0.29) is 30.3 Å². The number of nitrogens with zero attached hydrogens (tertiary/aromatic N) is 2. The number of amides is 2. The highest BCUT2D eigenvalue weighted by atomic mass is 35.5. The smallest absolute Gasteiger partial charge is 0.253 e. The SMILES string of the molecule is CCN(Cc1ccc(C(=O)N(C)C)cc1)C(=O)C1COCCN1.Cl. The number of hydrogen-bond acceptors (Lipinski definition) is 4. The first kappa shape index (κ1) is 20.4. The van der Waals surface area contributed by atoms with Crippen molar-refractivity contribution in [2.24, 2.45) is 0 Å². The van der Waals surface area contributed by atoms with Gasteiger partial charge in [-0.3, -0.25) is 9.59 Å². The first-order valence-electron chi connectivity index (χ1n) is 7.93. The van der Waals surface area contributed by atoms with E-state index in [1.54, 1.807) is 36.0 Å². The minimum absolute atomic E-state index is 0. The molecule has 0 aromatic heterocycles. The van der Waals surface area contributed by atoms with E-state index < -0.39 is 0 Å². The summed E-state index contributed by atoms with van der Waals surface area (Å²) in [7, 11) is 3.46. The topological polar surface area (TPSA) is 61.9 Å². The molecule has 1 aromatic rings. The van der Waals surface area contributed by atoms with Crippen molar-refractivity contribution in [1.82, 2.24) is 15.1 Å². The summed E-state index contributed by atoms with van der Waals surface area (Å²) in [6.45, 7) is 4.91. The normalized spacial score (nSPS) is 16.9. The summed E-state index contributed by atoms with van der Waals surface area (Å²) in [5.74, 6) is 0.0316. The van der Waals surface area contributed by atoms with E-state index in [1.165, 1.54) is 0 Å². The van der Waals surface area contributed by atoms with Crippen molar-refractivity contribution in [3.05, 3.63) is 35.4 Å². The van der Waals surface area contributed by atoms with E-state index in [9.17, 15) is 9.59 Å². The Morgan fingerprint density at radius 2 is 1.92 bits per heavy atom. The Labute approximate surface area is 149 Å². The lowest BCUT2D eigenvalue weighted by Crippen LogP contribution is -2.52. The fourth-order valence-corrected chi connectivity index (χ4v) is 2.52. The zero-order chi connectivity index (χ0) is 16.8. The van der Waals surface area contributed by atoms with E-state index in [0.29, 0.717) is 38.4 Å². The Hall–Kier alpha value is -1.63. The number of likely N-dealkylation sites (N-methyl/N-ethyl adjacent to an activating group) is 1. The fraction of sp³-hybridized carbons (Fsp3) is 0.529. The number of benzene rings is 1. The van der Waals surface area contributed by atoms with Crippen molar-refractivity contribution in [1.29, 1.82) is 0 Å². The minimum Gasteiger partial charge on any atom is -0.378 e. The van der Waals surface area contributed by atoms with Gasteiger partial charge in [0, 0.05) is 39.3 Å².